The Morgan fingerprint density at radius 1 is 1.35 bits per heavy atom. The Hall–Kier alpha value is -2.42. The molecule has 3 heterocycles. The van der Waals surface area contributed by atoms with Crippen LogP contribution in [-0.2, 0) is 19.1 Å². The molecular weight excluding hydrogens is 424 g/mol. The number of carbonyl (C=O) groups is 3. The van der Waals surface area contributed by atoms with E-state index in [1.165, 1.54) is 9.80 Å². The van der Waals surface area contributed by atoms with E-state index in [1.54, 1.807) is 30.3 Å². The zero-order chi connectivity index (χ0) is 22.3. The molecule has 1 aromatic rings. The lowest BCUT2D eigenvalue weighted by Crippen LogP contribution is -2.56. The fraction of sp³-hybridized carbons (Fsp3) is 0.500. The second-order valence-corrected chi connectivity index (χ2v) is 8.65. The Balaban J connectivity index is 1.76. The van der Waals surface area contributed by atoms with Gasteiger partial charge in [0.15, 0.2) is 0 Å². The van der Waals surface area contributed by atoms with Gasteiger partial charge in [-0.25, -0.2) is 0 Å². The first-order valence-corrected chi connectivity index (χ1v) is 10.7. The average Bonchev–Trinajstić information content (AvgIpc) is 3.38. The summed E-state index contributed by atoms with van der Waals surface area (Å²) in [5.41, 5.74) is -0.588. The number of hydrogen-bond donors (Lipinski definition) is 2. The van der Waals surface area contributed by atoms with Crippen LogP contribution < -0.4 is 4.90 Å². The zero-order valence-corrected chi connectivity index (χ0v) is 17.7. The molecule has 3 aliphatic rings. The number of carboxylic acids is 1. The summed E-state index contributed by atoms with van der Waals surface area (Å²) in [5.74, 6) is -3.72. The number of anilines is 1. The van der Waals surface area contributed by atoms with Gasteiger partial charge in [0.05, 0.1) is 17.9 Å². The number of amides is 2. The third kappa shape index (κ3) is 3.33. The number of carboxylic acid groups (broad SMARTS) is 1. The SMILES string of the molecule is C=CCN(C(=O)[C@H]1N(CCCO)C(=O)[C@@H]2[C@@H](C(=O)O)[C@H]3CC[C@]21O3)c1ccc(Cl)cc1. The number of rotatable bonds is 8. The number of aliphatic carboxylic acids is 1. The molecule has 3 fully saturated rings. The van der Waals surface area contributed by atoms with Crippen LogP contribution in [-0.4, -0.2) is 70.3 Å². The quantitative estimate of drug-likeness (QED) is 0.586. The van der Waals surface area contributed by atoms with E-state index in [0.29, 0.717) is 23.6 Å². The van der Waals surface area contributed by atoms with Gasteiger partial charge in [-0.1, -0.05) is 17.7 Å². The average molecular weight is 449 g/mol. The van der Waals surface area contributed by atoms with Gasteiger partial charge in [-0.3, -0.25) is 14.4 Å². The van der Waals surface area contributed by atoms with Crippen molar-refractivity contribution < 1.29 is 29.3 Å². The van der Waals surface area contributed by atoms with Crippen molar-refractivity contribution in [2.75, 3.05) is 24.6 Å². The van der Waals surface area contributed by atoms with Gasteiger partial charge in [0.1, 0.15) is 11.6 Å². The van der Waals surface area contributed by atoms with Crippen LogP contribution in [0.4, 0.5) is 5.69 Å². The molecule has 0 unspecified atom stereocenters. The van der Waals surface area contributed by atoms with Crippen LogP contribution in [0.3, 0.4) is 0 Å². The number of carbonyl (C=O) groups excluding carboxylic acids is 2. The third-order valence-corrected chi connectivity index (χ3v) is 6.84. The summed E-state index contributed by atoms with van der Waals surface area (Å²) in [5, 5.41) is 19.6. The van der Waals surface area contributed by atoms with Crippen LogP contribution in [0.25, 0.3) is 0 Å². The molecule has 3 saturated heterocycles. The monoisotopic (exact) mass is 448 g/mol. The molecular formula is C22H25ClN2O6. The number of aliphatic hydroxyl groups excluding tert-OH is 1. The van der Waals surface area contributed by atoms with Crippen molar-refractivity contribution in [1.29, 1.82) is 0 Å². The lowest BCUT2D eigenvalue weighted by molar-refractivity contribution is -0.149. The molecule has 0 aliphatic carbocycles. The predicted octanol–water partition coefficient (Wildman–Crippen LogP) is 1.70. The fourth-order valence-electron chi connectivity index (χ4n) is 5.42. The number of nitrogens with zero attached hydrogens (tertiary/aromatic N) is 2. The van der Waals surface area contributed by atoms with Crippen LogP contribution in [0.2, 0.25) is 5.02 Å². The van der Waals surface area contributed by atoms with Crippen molar-refractivity contribution >= 4 is 35.1 Å². The maximum atomic E-state index is 13.9. The summed E-state index contributed by atoms with van der Waals surface area (Å²) in [6.07, 6.45) is 2.21. The van der Waals surface area contributed by atoms with Crippen molar-refractivity contribution in [2.45, 2.75) is 37.0 Å². The van der Waals surface area contributed by atoms with Gasteiger partial charge >= 0.3 is 5.97 Å². The van der Waals surface area contributed by atoms with Gasteiger partial charge in [-0.15, -0.1) is 6.58 Å². The Kier molecular flexibility index (Phi) is 5.81. The minimum absolute atomic E-state index is 0.146. The molecule has 9 heteroatoms. The summed E-state index contributed by atoms with van der Waals surface area (Å²) in [6, 6.07) is 5.79. The molecule has 2 N–H and O–H groups in total. The van der Waals surface area contributed by atoms with Gasteiger partial charge in [-0.05, 0) is 43.5 Å². The van der Waals surface area contributed by atoms with E-state index in [1.807, 2.05) is 0 Å². The van der Waals surface area contributed by atoms with E-state index in [4.69, 9.17) is 16.3 Å². The van der Waals surface area contributed by atoms with Crippen molar-refractivity contribution in [1.82, 2.24) is 4.90 Å². The second kappa shape index (κ2) is 8.26. The molecule has 3 aliphatic heterocycles. The molecule has 0 aromatic heterocycles. The van der Waals surface area contributed by atoms with E-state index in [2.05, 4.69) is 6.58 Å². The standard InChI is InChI=1S/C22H25ClN2O6/c1-2-10-24(14-6-4-13(23)5-7-14)20(28)18-22-9-8-15(31-22)16(21(29)30)17(22)19(27)25(18)11-3-12-26/h2,4-7,15-18,26H,1,3,8-12H2,(H,29,30)/t15-,16+,17+,18-,22+/m1/s1. The molecule has 5 atom stereocenters. The second-order valence-electron chi connectivity index (χ2n) is 8.22. The smallest absolute Gasteiger partial charge is 0.310 e. The molecule has 1 aromatic carbocycles. The maximum absolute atomic E-state index is 13.9. The van der Waals surface area contributed by atoms with Crippen molar-refractivity contribution in [3.05, 3.63) is 41.9 Å². The van der Waals surface area contributed by atoms with Gasteiger partial charge in [-0.2, -0.15) is 0 Å². The Morgan fingerprint density at radius 2 is 2.06 bits per heavy atom. The summed E-state index contributed by atoms with van der Waals surface area (Å²) < 4.78 is 6.16. The Morgan fingerprint density at radius 3 is 2.68 bits per heavy atom. The van der Waals surface area contributed by atoms with Crippen molar-refractivity contribution in [3.63, 3.8) is 0 Å². The lowest BCUT2D eigenvalue weighted by atomic mass is 9.70. The first kappa shape index (κ1) is 21.8. The van der Waals surface area contributed by atoms with Crippen molar-refractivity contribution in [3.8, 4) is 0 Å². The fourth-order valence-corrected chi connectivity index (χ4v) is 5.54. The molecule has 0 radical (unpaired) electrons. The first-order chi connectivity index (χ1) is 14.9. The molecule has 31 heavy (non-hydrogen) atoms. The largest absolute Gasteiger partial charge is 0.481 e. The normalized spacial score (nSPS) is 31.0. The summed E-state index contributed by atoms with van der Waals surface area (Å²) in [7, 11) is 0. The van der Waals surface area contributed by atoms with Crippen LogP contribution >= 0.6 is 11.6 Å². The Labute approximate surface area is 185 Å². The highest BCUT2D eigenvalue weighted by Gasteiger charge is 2.74. The van der Waals surface area contributed by atoms with Crippen molar-refractivity contribution in [2.24, 2.45) is 11.8 Å². The minimum atomic E-state index is -1.18. The Bertz CT molecular complexity index is 906. The van der Waals surface area contributed by atoms with E-state index >= 15 is 0 Å². The highest BCUT2D eigenvalue weighted by Crippen LogP contribution is 2.58. The molecule has 166 valence electrons. The topological polar surface area (TPSA) is 107 Å². The highest BCUT2D eigenvalue weighted by molar-refractivity contribution is 6.30. The molecule has 0 saturated carbocycles. The summed E-state index contributed by atoms with van der Waals surface area (Å²) in [6.45, 7) is 3.94. The number of likely N-dealkylation sites (tertiary alicyclic amines) is 1. The molecule has 1 spiro atoms. The number of aliphatic hydroxyl groups is 1. The van der Waals surface area contributed by atoms with Gasteiger partial charge < -0.3 is 24.7 Å². The number of hydrogen-bond acceptors (Lipinski definition) is 5. The number of halogens is 1. The summed E-state index contributed by atoms with van der Waals surface area (Å²) >= 11 is 5.99. The van der Waals surface area contributed by atoms with Crippen LogP contribution in [0.15, 0.2) is 36.9 Å². The van der Waals surface area contributed by atoms with E-state index < -0.39 is 41.5 Å². The maximum Gasteiger partial charge on any atom is 0.310 e. The zero-order valence-electron chi connectivity index (χ0n) is 16.9. The van der Waals surface area contributed by atoms with Gasteiger partial charge in [0.25, 0.3) is 5.91 Å². The number of benzene rings is 1. The molecule has 4 rings (SSSR count). The summed E-state index contributed by atoms with van der Waals surface area (Å²) in [4.78, 5) is 42.1. The van der Waals surface area contributed by atoms with Crippen LogP contribution in [0, 0.1) is 11.8 Å². The van der Waals surface area contributed by atoms with Gasteiger partial charge in [0, 0.05) is 30.4 Å². The molecule has 8 nitrogen and oxygen atoms in total. The predicted molar refractivity (Wildman–Crippen MR) is 113 cm³/mol. The van der Waals surface area contributed by atoms with Crippen LogP contribution in [0.1, 0.15) is 19.3 Å². The van der Waals surface area contributed by atoms with E-state index in [-0.39, 0.29) is 32.0 Å². The lowest BCUT2D eigenvalue weighted by Gasteiger charge is -2.36. The van der Waals surface area contributed by atoms with Gasteiger partial charge in [0.2, 0.25) is 5.91 Å². The first-order valence-electron chi connectivity index (χ1n) is 10.4. The van der Waals surface area contributed by atoms with E-state index in [9.17, 15) is 24.6 Å². The molecule has 2 amide bonds. The van der Waals surface area contributed by atoms with Crippen LogP contribution in [0.5, 0.6) is 0 Å². The number of fused-ring (bicyclic) bond motifs is 1. The number of ether oxygens (including phenoxy) is 1. The highest BCUT2D eigenvalue weighted by atomic mass is 35.5. The third-order valence-electron chi connectivity index (χ3n) is 6.59. The minimum Gasteiger partial charge on any atom is -0.481 e. The van der Waals surface area contributed by atoms with E-state index in [0.717, 1.165) is 0 Å². The molecule has 2 bridgehead atoms.